The predicted molar refractivity (Wildman–Crippen MR) is 131 cm³/mol. The van der Waals surface area contributed by atoms with Gasteiger partial charge in [0.25, 0.3) is 5.91 Å². The SMILES string of the molecule is Cc1ccc(C(=O)N[C@@H](Cc2ccc(OCCc3coc(-c4ccccc4)n3)cc2)C(=O)O)cc1. The molecule has 35 heavy (non-hydrogen) atoms. The van der Waals surface area contributed by atoms with Crippen LogP contribution in [0.1, 0.15) is 27.2 Å². The Balaban J connectivity index is 1.28. The number of aliphatic carboxylic acids is 1. The van der Waals surface area contributed by atoms with Crippen LogP contribution in [0.4, 0.5) is 0 Å². The lowest BCUT2D eigenvalue weighted by Gasteiger charge is -2.15. The molecule has 0 saturated heterocycles. The van der Waals surface area contributed by atoms with Crippen molar-refractivity contribution in [3.05, 3.63) is 108 Å². The summed E-state index contributed by atoms with van der Waals surface area (Å²) in [6.45, 7) is 2.34. The molecule has 4 aromatic rings. The standard InChI is InChI=1S/C28H26N2O5/c1-19-7-11-21(12-8-19)26(31)30-25(28(32)33)17-20-9-13-24(14-10-20)34-16-15-23-18-35-27(29-23)22-5-3-2-4-6-22/h2-14,18,25H,15-17H2,1H3,(H,30,31)(H,32,33)/t25-/m0/s1. The normalized spacial score (nSPS) is 11.6. The van der Waals surface area contributed by atoms with Gasteiger partial charge in [-0.25, -0.2) is 9.78 Å². The second kappa shape index (κ2) is 11.2. The van der Waals surface area contributed by atoms with Crippen LogP contribution in [-0.4, -0.2) is 34.6 Å². The molecule has 0 bridgehead atoms. The molecule has 1 aromatic heterocycles. The van der Waals surface area contributed by atoms with E-state index in [-0.39, 0.29) is 6.42 Å². The summed E-state index contributed by atoms with van der Waals surface area (Å²) in [7, 11) is 0. The van der Waals surface area contributed by atoms with Crippen LogP contribution in [0.5, 0.6) is 5.75 Å². The molecule has 2 N–H and O–H groups in total. The zero-order chi connectivity index (χ0) is 24.6. The molecule has 0 radical (unpaired) electrons. The zero-order valence-corrected chi connectivity index (χ0v) is 19.3. The lowest BCUT2D eigenvalue weighted by molar-refractivity contribution is -0.139. The summed E-state index contributed by atoms with van der Waals surface area (Å²) in [6.07, 6.45) is 2.38. The first kappa shape index (κ1) is 23.8. The van der Waals surface area contributed by atoms with Crippen molar-refractivity contribution in [3.63, 3.8) is 0 Å². The van der Waals surface area contributed by atoms with Gasteiger partial charge in [-0.05, 0) is 48.9 Å². The maximum absolute atomic E-state index is 12.4. The van der Waals surface area contributed by atoms with Crippen molar-refractivity contribution in [2.24, 2.45) is 0 Å². The average Bonchev–Trinajstić information content (AvgIpc) is 3.34. The monoisotopic (exact) mass is 470 g/mol. The van der Waals surface area contributed by atoms with Gasteiger partial charge in [-0.2, -0.15) is 0 Å². The second-order valence-corrected chi connectivity index (χ2v) is 8.19. The summed E-state index contributed by atoms with van der Waals surface area (Å²) < 4.78 is 11.3. The minimum atomic E-state index is -1.09. The van der Waals surface area contributed by atoms with Gasteiger partial charge < -0.3 is 19.6 Å². The number of benzene rings is 3. The Morgan fingerprint density at radius 1 is 1.00 bits per heavy atom. The van der Waals surface area contributed by atoms with Crippen molar-refractivity contribution in [1.29, 1.82) is 0 Å². The van der Waals surface area contributed by atoms with Crippen molar-refractivity contribution >= 4 is 11.9 Å². The first-order chi connectivity index (χ1) is 17.0. The molecular formula is C28H26N2O5. The number of carboxylic acids is 1. The van der Waals surface area contributed by atoms with Gasteiger partial charge in [0.2, 0.25) is 5.89 Å². The maximum Gasteiger partial charge on any atom is 0.326 e. The Kier molecular flexibility index (Phi) is 7.57. The Morgan fingerprint density at radius 2 is 1.71 bits per heavy atom. The van der Waals surface area contributed by atoms with E-state index in [9.17, 15) is 14.7 Å². The molecule has 178 valence electrons. The van der Waals surface area contributed by atoms with Gasteiger partial charge in [-0.1, -0.05) is 48.0 Å². The number of nitrogens with one attached hydrogen (secondary N) is 1. The molecule has 4 rings (SSSR count). The Morgan fingerprint density at radius 3 is 2.40 bits per heavy atom. The number of hydrogen-bond donors (Lipinski definition) is 2. The number of amides is 1. The van der Waals surface area contributed by atoms with Gasteiger partial charge in [0.15, 0.2) is 0 Å². The number of hydrogen-bond acceptors (Lipinski definition) is 5. The quantitative estimate of drug-likeness (QED) is 0.348. The third-order valence-electron chi connectivity index (χ3n) is 5.48. The number of ether oxygens (including phenoxy) is 1. The van der Waals surface area contributed by atoms with Crippen LogP contribution < -0.4 is 10.1 Å². The largest absolute Gasteiger partial charge is 0.493 e. The summed E-state index contributed by atoms with van der Waals surface area (Å²) in [5.74, 6) is -0.266. The van der Waals surface area contributed by atoms with Gasteiger partial charge in [0.05, 0.1) is 12.3 Å². The summed E-state index contributed by atoms with van der Waals surface area (Å²) >= 11 is 0. The zero-order valence-electron chi connectivity index (χ0n) is 19.3. The van der Waals surface area contributed by atoms with Crippen molar-refractivity contribution in [2.45, 2.75) is 25.8 Å². The van der Waals surface area contributed by atoms with Crippen molar-refractivity contribution in [3.8, 4) is 17.2 Å². The van der Waals surface area contributed by atoms with Crippen LogP contribution in [0.2, 0.25) is 0 Å². The van der Waals surface area contributed by atoms with Crippen LogP contribution in [0.15, 0.2) is 89.5 Å². The molecule has 1 amide bonds. The van der Waals surface area contributed by atoms with Crippen LogP contribution in [0.3, 0.4) is 0 Å². The number of aromatic nitrogens is 1. The summed E-state index contributed by atoms with van der Waals surface area (Å²) in [5, 5.41) is 12.2. The van der Waals surface area contributed by atoms with E-state index in [2.05, 4.69) is 10.3 Å². The molecule has 0 aliphatic heterocycles. The lowest BCUT2D eigenvalue weighted by atomic mass is 10.0. The number of carboxylic acid groups (broad SMARTS) is 1. The highest BCUT2D eigenvalue weighted by Gasteiger charge is 2.21. The highest BCUT2D eigenvalue weighted by molar-refractivity contribution is 5.96. The fourth-order valence-corrected chi connectivity index (χ4v) is 3.51. The summed E-state index contributed by atoms with van der Waals surface area (Å²) in [5.41, 5.74) is 3.95. The smallest absolute Gasteiger partial charge is 0.326 e. The van der Waals surface area contributed by atoms with Crippen LogP contribution >= 0.6 is 0 Å². The van der Waals surface area contributed by atoms with E-state index in [0.717, 1.165) is 22.4 Å². The molecule has 0 fully saturated rings. The number of nitrogens with zero attached hydrogens (tertiary/aromatic N) is 1. The maximum atomic E-state index is 12.4. The number of carbonyl (C=O) groups is 2. The number of aryl methyl sites for hydroxylation is 1. The van der Waals surface area contributed by atoms with E-state index in [1.54, 1.807) is 42.7 Å². The number of rotatable bonds is 10. The Labute approximate surface area is 203 Å². The Bertz CT molecular complexity index is 1260. The van der Waals surface area contributed by atoms with E-state index in [4.69, 9.17) is 9.15 Å². The first-order valence-electron chi connectivity index (χ1n) is 11.3. The van der Waals surface area contributed by atoms with Gasteiger partial charge >= 0.3 is 5.97 Å². The highest BCUT2D eigenvalue weighted by Crippen LogP contribution is 2.19. The van der Waals surface area contributed by atoms with Crippen LogP contribution in [-0.2, 0) is 17.6 Å². The highest BCUT2D eigenvalue weighted by atomic mass is 16.5. The predicted octanol–water partition coefficient (Wildman–Crippen LogP) is 4.70. The molecule has 0 spiro atoms. The van der Waals surface area contributed by atoms with Crippen molar-refractivity contribution < 1.29 is 23.8 Å². The van der Waals surface area contributed by atoms with Gasteiger partial charge in [0, 0.05) is 24.0 Å². The Hall–Kier alpha value is -4.39. The molecule has 1 atom stereocenters. The van der Waals surface area contributed by atoms with Crippen molar-refractivity contribution in [1.82, 2.24) is 10.3 Å². The third-order valence-corrected chi connectivity index (χ3v) is 5.48. The van der Waals surface area contributed by atoms with Gasteiger partial charge in [-0.15, -0.1) is 0 Å². The molecule has 7 heteroatoms. The molecule has 7 nitrogen and oxygen atoms in total. The number of carbonyl (C=O) groups excluding carboxylic acids is 1. The van der Waals surface area contributed by atoms with E-state index in [1.807, 2.05) is 49.4 Å². The molecule has 0 aliphatic carbocycles. The number of oxazole rings is 1. The molecule has 3 aromatic carbocycles. The molecular weight excluding hydrogens is 444 g/mol. The molecule has 0 saturated carbocycles. The third kappa shape index (κ3) is 6.57. The van der Waals surface area contributed by atoms with E-state index < -0.39 is 17.9 Å². The fourth-order valence-electron chi connectivity index (χ4n) is 3.51. The second-order valence-electron chi connectivity index (χ2n) is 8.19. The molecule has 0 aliphatic rings. The van der Waals surface area contributed by atoms with Crippen LogP contribution in [0, 0.1) is 6.92 Å². The average molecular weight is 471 g/mol. The van der Waals surface area contributed by atoms with Crippen molar-refractivity contribution in [2.75, 3.05) is 6.61 Å². The van der Waals surface area contributed by atoms with Gasteiger partial charge in [-0.3, -0.25) is 4.79 Å². The van der Waals surface area contributed by atoms with E-state index >= 15 is 0 Å². The minimum absolute atomic E-state index is 0.161. The summed E-state index contributed by atoms with van der Waals surface area (Å²) in [6, 6.07) is 22.8. The molecule has 1 heterocycles. The molecule has 0 unspecified atom stereocenters. The fraction of sp³-hybridized carbons (Fsp3) is 0.179. The van der Waals surface area contributed by atoms with E-state index in [1.165, 1.54) is 0 Å². The van der Waals surface area contributed by atoms with E-state index in [0.29, 0.717) is 30.2 Å². The first-order valence-corrected chi connectivity index (χ1v) is 11.3. The lowest BCUT2D eigenvalue weighted by Crippen LogP contribution is -2.42. The van der Waals surface area contributed by atoms with Crippen LogP contribution in [0.25, 0.3) is 11.5 Å². The summed E-state index contributed by atoms with van der Waals surface area (Å²) in [4.78, 5) is 28.6. The minimum Gasteiger partial charge on any atom is -0.493 e. The van der Waals surface area contributed by atoms with Gasteiger partial charge in [0.1, 0.15) is 18.1 Å². The topological polar surface area (TPSA) is 102 Å².